The highest BCUT2D eigenvalue weighted by Gasteiger charge is 2.08. The predicted octanol–water partition coefficient (Wildman–Crippen LogP) is 3.55. The van der Waals surface area contributed by atoms with E-state index >= 15 is 0 Å². The molecule has 0 aliphatic carbocycles. The Balaban J connectivity index is 2.10. The molecular formula is C13H12BrN3O2. The van der Waals surface area contributed by atoms with Crippen molar-refractivity contribution in [2.75, 3.05) is 11.1 Å². The maximum atomic E-state index is 10.6. The molecule has 2 rings (SSSR count). The predicted molar refractivity (Wildman–Crippen MR) is 79.0 cm³/mol. The number of nitro benzene ring substituents is 1. The lowest BCUT2D eigenvalue weighted by atomic mass is 10.2. The number of anilines is 2. The van der Waals surface area contributed by atoms with Crippen molar-refractivity contribution in [1.82, 2.24) is 0 Å². The summed E-state index contributed by atoms with van der Waals surface area (Å²) in [5, 5.41) is 13.8. The van der Waals surface area contributed by atoms with Gasteiger partial charge in [-0.05, 0) is 23.8 Å². The molecular weight excluding hydrogens is 310 g/mol. The summed E-state index contributed by atoms with van der Waals surface area (Å²) < 4.78 is 1.00. The summed E-state index contributed by atoms with van der Waals surface area (Å²) in [5.41, 5.74) is 7.91. The Kier molecular flexibility index (Phi) is 4.01. The number of nitrogen functional groups attached to an aromatic ring is 1. The van der Waals surface area contributed by atoms with Gasteiger partial charge >= 0.3 is 0 Å². The average Bonchev–Trinajstić information content (AvgIpc) is 2.37. The van der Waals surface area contributed by atoms with Gasteiger partial charge in [0.1, 0.15) is 0 Å². The molecule has 19 heavy (non-hydrogen) atoms. The molecule has 0 aliphatic rings. The molecule has 2 aromatic rings. The Labute approximate surface area is 118 Å². The molecule has 0 fully saturated rings. The van der Waals surface area contributed by atoms with Gasteiger partial charge in [0, 0.05) is 23.2 Å². The van der Waals surface area contributed by atoms with Crippen LogP contribution in [0.15, 0.2) is 46.9 Å². The summed E-state index contributed by atoms with van der Waals surface area (Å²) >= 11 is 3.40. The SMILES string of the molecule is Nc1cc([N+](=O)[O-])ccc1NCc1cccc(Br)c1. The van der Waals surface area contributed by atoms with Gasteiger partial charge in [0.2, 0.25) is 0 Å². The normalized spacial score (nSPS) is 10.2. The number of nitro groups is 1. The van der Waals surface area contributed by atoms with Crippen molar-refractivity contribution in [3.8, 4) is 0 Å². The minimum Gasteiger partial charge on any atom is -0.397 e. The van der Waals surface area contributed by atoms with E-state index in [2.05, 4.69) is 21.2 Å². The fraction of sp³-hybridized carbons (Fsp3) is 0.0769. The molecule has 0 bridgehead atoms. The van der Waals surface area contributed by atoms with Gasteiger partial charge in [0.15, 0.2) is 0 Å². The Bertz CT molecular complexity index is 617. The standard InChI is InChI=1S/C13H12BrN3O2/c14-10-3-1-2-9(6-10)8-16-13-5-4-11(17(18)19)7-12(13)15/h1-7,16H,8,15H2. The topological polar surface area (TPSA) is 81.2 Å². The van der Waals surface area contributed by atoms with Gasteiger partial charge in [-0.3, -0.25) is 10.1 Å². The first-order valence-corrected chi connectivity index (χ1v) is 6.38. The van der Waals surface area contributed by atoms with Gasteiger partial charge in [-0.2, -0.15) is 0 Å². The molecule has 3 N–H and O–H groups in total. The summed E-state index contributed by atoms with van der Waals surface area (Å²) in [7, 11) is 0. The monoisotopic (exact) mass is 321 g/mol. The highest BCUT2D eigenvalue weighted by Crippen LogP contribution is 2.24. The third kappa shape index (κ3) is 3.45. The van der Waals surface area contributed by atoms with E-state index in [0.717, 1.165) is 10.0 Å². The molecule has 0 heterocycles. The van der Waals surface area contributed by atoms with Crippen molar-refractivity contribution in [3.63, 3.8) is 0 Å². The van der Waals surface area contributed by atoms with Crippen LogP contribution in [0.2, 0.25) is 0 Å². The molecule has 6 heteroatoms. The molecule has 0 amide bonds. The van der Waals surface area contributed by atoms with Crippen LogP contribution in [0.1, 0.15) is 5.56 Å². The number of hydrogen-bond acceptors (Lipinski definition) is 4. The minimum atomic E-state index is -0.464. The lowest BCUT2D eigenvalue weighted by Gasteiger charge is -2.09. The zero-order chi connectivity index (χ0) is 13.8. The quantitative estimate of drug-likeness (QED) is 0.512. The van der Waals surface area contributed by atoms with Gasteiger partial charge in [-0.15, -0.1) is 0 Å². The fourth-order valence-corrected chi connectivity index (χ4v) is 2.12. The van der Waals surface area contributed by atoms with Crippen LogP contribution in [0.3, 0.4) is 0 Å². The van der Waals surface area contributed by atoms with Crippen molar-refractivity contribution in [2.45, 2.75) is 6.54 Å². The van der Waals surface area contributed by atoms with Crippen molar-refractivity contribution < 1.29 is 4.92 Å². The first-order chi connectivity index (χ1) is 9.06. The smallest absolute Gasteiger partial charge is 0.271 e. The Morgan fingerprint density at radius 1 is 1.26 bits per heavy atom. The van der Waals surface area contributed by atoms with E-state index < -0.39 is 4.92 Å². The highest BCUT2D eigenvalue weighted by molar-refractivity contribution is 9.10. The number of nitrogens with zero attached hydrogens (tertiary/aromatic N) is 1. The van der Waals surface area contributed by atoms with E-state index in [0.29, 0.717) is 17.9 Å². The van der Waals surface area contributed by atoms with Crippen LogP contribution >= 0.6 is 15.9 Å². The Hall–Kier alpha value is -2.08. The lowest BCUT2D eigenvalue weighted by molar-refractivity contribution is -0.384. The maximum Gasteiger partial charge on any atom is 0.271 e. The van der Waals surface area contributed by atoms with E-state index in [4.69, 9.17) is 5.73 Å². The van der Waals surface area contributed by atoms with E-state index in [9.17, 15) is 10.1 Å². The van der Waals surface area contributed by atoms with Crippen molar-refractivity contribution in [3.05, 3.63) is 62.6 Å². The van der Waals surface area contributed by atoms with Crippen molar-refractivity contribution in [1.29, 1.82) is 0 Å². The molecule has 0 aliphatic heterocycles. The lowest BCUT2D eigenvalue weighted by Crippen LogP contribution is -2.03. The van der Waals surface area contributed by atoms with Gasteiger partial charge in [0.05, 0.1) is 16.3 Å². The van der Waals surface area contributed by atoms with E-state index in [-0.39, 0.29) is 5.69 Å². The zero-order valence-corrected chi connectivity index (χ0v) is 11.6. The Morgan fingerprint density at radius 2 is 2.05 bits per heavy atom. The summed E-state index contributed by atoms with van der Waals surface area (Å²) in [5.74, 6) is 0. The van der Waals surface area contributed by atoms with Crippen LogP contribution in [0.25, 0.3) is 0 Å². The second kappa shape index (κ2) is 5.71. The van der Waals surface area contributed by atoms with Crippen LogP contribution in [-0.4, -0.2) is 4.92 Å². The molecule has 0 unspecified atom stereocenters. The number of halogens is 1. The van der Waals surface area contributed by atoms with E-state index in [1.165, 1.54) is 12.1 Å². The highest BCUT2D eigenvalue weighted by atomic mass is 79.9. The second-order valence-electron chi connectivity index (χ2n) is 4.01. The summed E-state index contributed by atoms with van der Waals surface area (Å²) in [6.45, 7) is 0.599. The number of benzene rings is 2. The largest absolute Gasteiger partial charge is 0.397 e. The van der Waals surface area contributed by atoms with Crippen molar-refractivity contribution in [2.24, 2.45) is 0 Å². The summed E-state index contributed by atoms with van der Waals surface area (Å²) in [6, 6.07) is 12.3. The summed E-state index contributed by atoms with van der Waals surface area (Å²) in [6.07, 6.45) is 0. The molecule has 98 valence electrons. The van der Waals surface area contributed by atoms with Gasteiger partial charge in [0.25, 0.3) is 5.69 Å². The van der Waals surface area contributed by atoms with Crippen LogP contribution in [0.5, 0.6) is 0 Å². The maximum absolute atomic E-state index is 10.6. The third-order valence-corrected chi connectivity index (χ3v) is 3.11. The van der Waals surface area contributed by atoms with Crippen LogP contribution in [0.4, 0.5) is 17.1 Å². The molecule has 0 aromatic heterocycles. The third-order valence-electron chi connectivity index (χ3n) is 2.62. The fourth-order valence-electron chi connectivity index (χ4n) is 1.67. The molecule has 0 saturated carbocycles. The minimum absolute atomic E-state index is 0.00879. The second-order valence-corrected chi connectivity index (χ2v) is 4.93. The first-order valence-electron chi connectivity index (χ1n) is 5.58. The molecule has 0 spiro atoms. The Morgan fingerprint density at radius 3 is 2.68 bits per heavy atom. The van der Waals surface area contributed by atoms with Crippen LogP contribution in [0, 0.1) is 10.1 Å². The molecule has 5 nitrogen and oxygen atoms in total. The number of rotatable bonds is 4. The van der Waals surface area contributed by atoms with Gasteiger partial charge in [-0.25, -0.2) is 0 Å². The van der Waals surface area contributed by atoms with E-state index in [1.54, 1.807) is 6.07 Å². The number of nitrogens with two attached hydrogens (primary N) is 1. The molecule has 0 saturated heterocycles. The zero-order valence-electron chi connectivity index (χ0n) is 9.97. The van der Waals surface area contributed by atoms with E-state index in [1.807, 2.05) is 24.3 Å². The average molecular weight is 322 g/mol. The van der Waals surface area contributed by atoms with Crippen LogP contribution < -0.4 is 11.1 Å². The van der Waals surface area contributed by atoms with Crippen LogP contribution in [-0.2, 0) is 6.54 Å². The number of hydrogen-bond donors (Lipinski definition) is 2. The molecule has 0 atom stereocenters. The molecule has 2 aromatic carbocycles. The van der Waals surface area contributed by atoms with Gasteiger partial charge < -0.3 is 11.1 Å². The number of non-ortho nitro benzene ring substituents is 1. The van der Waals surface area contributed by atoms with Crippen molar-refractivity contribution >= 4 is 33.0 Å². The number of nitrogens with one attached hydrogen (secondary N) is 1. The molecule has 0 radical (unpaired) electrons. The van der Waals surface area contributed by atoms with Gasteiger partial charge in [-0.1, -0.05) is 28.1 Å². The summed E-state index contributed by atoms with van der Waals surface area (Å²) in [4.78, 5) is 10.1. The first kappa shape index (κ1) is 13.4.